The molecule has 0 radical (unpaired) electrons. The molecule has 4 aromatic carbocycles. The van der Waals surface area contributed by atoms with Crippen molar-refractivity contribution in [3.05, 3.63) is 149 Å². The SMILES string of the molecule is C=C(/C=C/C=C1/N(CCc2ccccc2)c2ccccc2C1(C)C)Cc1ccc2ccccc2c1C. The molecule has 0 spiro atoms. The van der Waals surface area contributed by atoms with E-state index >= 15 is 0 Å². The Morgan fingerprint density at radius 2 is 1.58 bits per heavy atom. The molecule has 1 aliphatic heterocycles. The summed E-state index contributed by atoms with van der Waals surface area (Å²) in [6.45, 7) is 12.2. The Bertz CT molecular complexity index is 1450. The van der Waals surface area contributed by atoms with Crippen LogP contribution in [-0.2, 0) is 18.3 Å². The molecule has 0 saturated carbocycles. The third-order valence-corrected chi connectivity index (χ3v) is 7.58. The van der Waals surface area contributed by atoms with E-state index in [-0.39, 0.29) is 5.41 Å². The van der Waals surface area contributed by atoms with Gasteiger partial charge in [0.1, 0.15) is 0 Å². The van der Waals surface area contributed by atoms with Crippen molar-refractivity contribution < 1.29 is 0 Å². The Labute approximate surface area is 216 Å². The van der Waals surface area contributed by atoms with Crippen LogP contribution in [0.3, 0.4) is 0 Å². The van der Waals surface area contributed by atoms with Crippen LogP contribution in [0.4, 0.5) is 5.69 Å². The van der Waals surface area contributed by atoms with Gasteiger partial charge in [-0.25, -0.2) is 0 Å². The van der Waals surface area contributed by atoms with Crippen molar-refractivity contribution in [3.8, 4) is 0 Å². The monoisotopic (exact) mass is 469 g/mol. The van der Waals surface area contributed by atoms with Crippen molar-refractivity contribution in [2.24, 2.45) is 0 Å². The van der Waals surface area contributed by atoms with Gasteiger partial charge < -0.3 is 4.90 Å². The maximum atomic E-state index is 4.38. The number of benzene rings is 4. The average Bonchev–Trinajstić information content (AvgIpc) is 3.11. The van der Waals surface area contributed by atoms with Crippen LogP contribution in [0.25, 0.3) is 10.8 Å². The summed E-state index contributed by atoms with van der Waals surface area (Å²) in [5.74, 6) is 0. The Balaban J connectivity index is 1.37. The van der Waals surface area contributed by atoms with Gasteiger partial charge >= 0.3 is 0 Å². The number of hydrogen-bond acceptors (Lipinski definition) is 1. The van der Waals surface area contributed by atoms with E-state index in [2.05, 4.69) is 141 Å². The van der Waals surface area contributed by atoms with Gasteiger partial charge in [0, 0.05) is 23.3 Å². The highest BCUT2D eigenvalue weighted by Crippen LogP contribution is 2.47. The number of hydrogen-bond donors (Lipinski definition) is 0. The number of fused-ring (bicyclic) bond motifs is 2. The molecule has 1 nitrogen and oxygen atoms in total. The van der Waals surface area contributed by atoms with Crippen LogP contribution >= 0.6 is 0 Å². The Morgan fingerprint density at radius 1 is 0.861 bits per heavy atom. The van der Waals surface area contributed by atoms with Gasteiger partial charge in [0.15, 0.2) is 0 Å². The Hall–Kier alpha value is -3.84. The van der Waals surface area contributed by atoms with Gasteiger partial charge in [0.25, 0.3) is 0 Å². The third kappa shape index (κ3) is 4.66. The van der Waals surface area contributed by atoms with Crippen LogP contribution in [0.5, 0.6) is 0 Å². The first kappa shape index (κ1) is 23.9. The minimum atomic E-state index is -0.0477. The molecule has 36 heavy (non-hydrogen) atoms. The number of nitrogens with zero attached hydrogens (tertiary/aromatic N) is 1. The minimum Gasteiger partial charge on any atom is -0.344 e. The van der Waals surface area contributed by atoms with Crippen LogP contribution in [0.1, 0.15) is 36.1 Å². The first-order chi connectivity index (χ1) is 17.4. The first-order valence-corrected chi connectivity index (χ1v) is 12.9. The van der Waals surface area contributed by atoms with Crippen LogP contribution in [0, 0.1) is 6.92 Å². The smallest absolute Gasteiger partial charge is 0.0450 e. The summed E-state index contributed by atoms with van der Waals surface area (Å²) in [4.78, 5) is 2.50. The molecular formula is C35H35N. The molecule has 180 valence electrons. The van der Waals surface area contributed by atoms with Gasteiger partial charge in [0.2, 0.25) is 0 Å². The summed E-state index contributed by atoms with van der Waals surface area (Å²) in [6.07, 6.45) is 8.54. The third-order valence-electron chi connectivity index (χ3n) is 7.58. The van der Waals surface area contributed by atoms with Crippen LogP contribution in [0.2, 0.25) is 0 Å². The minimum absolute atomic E-state index is 0.0477. The molecule has 0 aromatic heterocycles. The number of allylic oxidation sites excluding steroid dienone is 5. The lowest BCUT2D eigenvalue weighted by Gasteiger charge is -2.27. The van der Waals surface area contributed by atoms with E-state index in [1.54, 1.807) is 0 Å². The molecule has 5 rings (SSSR count). The lowest BCUT2D eigenvalue weighted by Crippen LogP contribution is -2.27. The largest absolute Gasteiger partial charge is 0.344 e. The van der Waals surface area contributed by atoms with E-state index in [1.165, 1.54) is 44.4 Å². The topological polar surface area (TPSA) is 3.24 Å². The fraction of sp³-hybridized carbons (Fsp3) is 0.200. The van der Waals surface area contributed by atoms with E-state index in [0.29, 0.717) is 0 Å². The van der Waals surface area contributed by atoms with Gasteiger partial charge in [-0.3, -0.25) is 0 Å². The lowest BCUT2D eigenvalue weighted by molar-refractivity contribution is 0.630. The molecule has 4 aromatic rings. The van der Waals surface area contributed by atoms with Crippen molar-refractivity contribution in [1.82, 2.24) is 0 Å². The first-order valence-electron chi connectivity index (χ1n) is 12.9. The maximum Gasteiger partial charge on any atom is 0.0450 e. The maximum absolute atomic E-state index is 4.38. The highest BCUT2D eigenvalue weighted by Gasteiger charge is 2.39. The molecule has 0 saturated heterocycles. The summed E-state index contributed by atoms with van der Waals surface area (Å²) in [5, 5.41) is 2.62. The van der Waals surface area contributed by atoms with Crippen LogP contribution in [0.15, 0.2) is 127 Å². The molecule has 0 aliphatic carbocycles. The van der Waals surface area contributed by atoms with Gasteiger partial charge in [-0.2, -0.15) is 0 Å². The summed E-state index contributed by atoms with van der Waals surface area (Å²) in [6, 6.07) is 32.7. The molecule has 0 bridgehead atoms. The van der Waals surface area contributed by atoms with Gasteiger partial charge in [0.05, 0.1) is 0 Å². The Kier molecular flexibility index (Phi) is 6.65. The van der Waals surface area contributed by atoms with Crippen LogP contribution < -0.4 is 4.90 Å². The normalized spacial score (nSPS) is 15.6. The quantitative estimate of drug-likeness (QED) is 0.245. The number of anilines is 1. The Morgan fingerprint density at radius 3 is 2.42 bits per heavy atom. The van der Waals surface area contributed by atoms with E-state index in [0.717, 1.165) is 25.0 Å². The van der Waals surface area contributed by atoms with Crippen molar-refractivity contribution in [2.45, 2.75) is 39.0 Å². The van der Waals surface area contributed by atoms with Crippen molar-refractivity contribution in [1.29, 1.82) is 0 Å². The lowest BCUT2D eigenvalue weighted by atomic mass is 9.83. The second kappa shape index (κ2) is 10.0. The van der Waals surface area contributed by atoms with E-state index in [9.17, 15) is 0 Å². The standard InChI is InChI=1S/C35H35N/c1-26(25-30-22-21-29-16-8-9-17-31(29)27(30)2)13-12-20-34-35(3,4)32-18-10-11-19-33(32)36(34)24-23-28-14-6-5-7-15-28/h5-22H,1,23-25H2,2-4H3/b13-12+,34-20+. The van der Waals surface area contributed by atoms with E-state index in [4.69, 9.17) is 0 Å². The second-order valence-electron chi connectivity index (χ2n) is 10.3. The summed E-state index contributed by atoms with van der Waals surface area (Å²) in [5.41, 5.74) is 9.18. The summed E-state index contributed by atoms with van der Waals surface area (Å²) >= 11 is 0. The fourth-order valence-corrected chi connectivity index (χ4v) is 5.51. The molecular weight excluding hydrogens is 434 g/mol. The zero-order chi connectivity index (χ0) is 25.1. The van der Waals surface area contributed by atoms with Gasteiger partial charge in [-0.05, 0) is 64.9 Å². The molecule has 0 fully saturated rings. The zero-order valence-electron chi connectivity index (χ0n) is 21.7. The molecule has 0 unspecified atom stereocenters. The van der Waals surface area contributed by atoms with Crippen LogP contribution in [-0.4, -0.2) is 6.54 Å². The van der Waals surface area contributed by atoms with Crippen molar-refractivity contribution in [2.75, 3.05) is 11.4 Å². The fourth-order valence-electron chi connectivity index (χ4n) is 5.51. The highest BCUT2D eigenvalue weighted by atomic mass is 15.2. The van der Waals surface area contributed by atoms with Gasteiger partial charge in [-0.1, -0.05) is 123 Å². The zero-order valence-corrected chi connectivity index (χ0v) is 21.7. The van der Waals surface area contributed by atoms with Crippen molar-refractivity contribution in [3.63, 3.8) is 0 Å². The predicted octanol–water partition coefficient (Wildman–Crippen LogP) is 8.73. The number of rotatable bonds is 7. The predicted molar refractivity (Wildman–Crippen MR) is 156 cm³/mol. The molecule has 0 atom stereocenters. The number of aryl methyl sites for hydroxylation is 1. The summed E-state index contributed by atoms with van der Waals surface area (Å²) < 4.78 is 0. The van der Waals surface area contributed by atoms with Gasteiger partial charge in [-0.15, -0.1) is 0 Å². The highest BCUT2D eigenvalue weighted by molar-refractivity contribution is 5.86. The molecule has 1 heterocycles. The molecule has 1 aliphatic rings. The molecule has 0 amide bonds. The van der Waals surface area contributed by atoms with E-state index < -0.39 is 0 Å². The number of para-hydroxylation sites is 1. The average molecular weight is 470 g/mol. The summed E-state index contributed by atoms with van der Waals surface area (Å²) in [7, 11) is 0. The van der Waals surface area contributed by atoms with Crippen molar-refractivity contribution >= 4 is 16.5 Å². The molecule has 1 heteroatoms. The second-order valence-corrected chi connectivity index (χ2v) is 10.3. The molecule has 0 N–H and O–H groups in total. The van der Waals surface area contributed by atoms with E-state index in [1.807, 2.05) is 0 Å².